The molecule has 5 rings (SSSR count). The van der Waals surface area contributed by atoms with E-state index in [4.69, 9.17) is 0 Å². The molecule has 0 saturated heterocycles. The molecule has 3 aromatic heterocycles. The lowest BCUT2D eigenvalue weighted by Gasteiger charge is -2.24. The van der Waals surface area contributed by atoms with Gasteiger partial charge in [-0.1, -0.05) is 30.3 Å². The first kappa shape index (κ1) is 21.3. The lowest BCUT2D eigenvalue weighted by molar-refractivity contribution is 0.102. The first-order chi connectivity index (χ1) is 16.2. The summed E-state index contributed by atoms with van der Waals surface area (Å²) in [5.41, 5.74) is 5.14. The first-order valence-corrected chi connectivity index (χ1v) is 12.1. The number of amides is 1. The number of rotatable bonds is 6. The Balaban J connectivity index is 1.60. The van der Waals surface area contributed by atoms with Crippen LogP contribution in [0.15, 0.2) is 73.1 Å². The Kier molecular flexibility index (Phi) is 6.17. The van der Waals surface area contributed by atoms with E-state index in [0.29, 0.717) is 5.56 Å². The maximum absolute atomic E-state index is 13.1. The van der Waals surface area contributed by atoms with Crippen LogP contribution >= 0.6 is 11.3 Å². The third-order valence-electron chi connectivity index (χ3n) is 5.96. The second-order valence-corrected chi connectivity index (χ2v) is 9.41. The van der Waals surface area contributed by atoms with Crippen molar-refractivity contribution in [3.63, 3.8) is 0 Å². The zero-order valence-corrected chi connectivity index (χ0v) is 19.4. The molecule has 1 amide bonds. The number of carbonyl (C=O) groups excluding carboxylic acids is 1. The molecule has 1 aliphatic carbocycles. The molecule has 0 aliphatic heterocycles. The number of thiophene rings is 1. The Morgan fingerprint density at radius 1 is 1.00 bits per heavy atom. The number of anilines is 2. The van der Waals surface area contributed by atoms with Crippen molar-refractivity contribution in [2.24, 2.45) is 0 Å². The van der Waals surface area contributed by atoms with E-state index in [9.17, 15) is 4.79 Å². The van der Waals surface area contributed by atoms with Crippen molar-refractivity contribution >= 4 is 28.1 Å². The molecule has 166 valence electrons. The maximum atomic E-state index is 13.1. The summed E-state index contributed by atoms with van der Waals surface area (Å²) in [7, 11) is 0. The van der Waals surface area contributed by atoms with Crippen molar-refractivity contribution in [2.45, 2.75) is 38.6 Å². The van der Waals surface area contributed by atoms with Crippen molar-refractivity contribution in [1.82, 2.24) is 9.97 Å². The van der Waals surface area contributed by atoms with E-state index in [-0.39, 0.29) is 11.9 Å². The van der Waals surface area contributed by atoms with Crippen LogP contribution in [0.1, 0.15) is 56.5 Å². The predicted octanol–water partition coefficient (Wildman–Crippen LogP) is 6.18. The highest BCUT2D eigenvalue weighted by molar-refractivity contribution is 7.16. The van der Waals surface area contributed by atoms with Crippen LogP contribution in [-0.4, -0.2) is 15.9 Å². The van der Waals surface area contributed by atoms with Gasteiger partial charge in [0.2, 0.25) is 0 Å². The molecule has 0 spiro atoms. The molecule has 0 unspecified atom stereocenters. The zero-order chi connectivity index (χ0) is 22.6. The second kappa shape index (κ2) is 9.55. The number of aryl methyl sites for hydroxylation is 2. The number of fused-ring (bicyclic) bond motifs is 1. The average molecular weight is 455 g/mol. The van der Waals surface area contributed by atoms with Gasteiger partial charge in [0.15, 0.2) is 0 Å². The minimum atomic E-state index is -0.169. The van der Waals surface area contributed by atoms with E-state index >= 15 is 0 Å². The van der Waals surface area contributed by atoms with Gasteiger partial charge in [0.25, 0.3) is 5.91 Å². The van der Waals surface area contributed by atoms with Crippen molar-refractivity contribution in [3.05, 3.63) is 106 Å². The van der Waals surface area contributed by atoms with Gasteiger partial charge >= 0.3 is 0 Å². The van der Waals surface area contributed by atoms with Crippen LogP contribution in [-0.2, 0) is 12.8 Å². The van der Waals surface area contributed by atoms with Gasteiger partial charge in [-0.15, -0.1) is 11.3 Å². The van der Waals surface area contributed by atoms with Crippen LogP contribution in [0.5, 0.6) is 0 Å². The molecular formula is C27H26N4OS. The Bertz CT molecular complexity index is 1250. The standard InChI is InChI=1S/C27H26N4OS/c1-18-9-7-15-23(29-18)30-25(20-12-8-16-28-17-20)24-21-13-5-6-14-22(21)33-27(24)31-26(32)19-10-3-2-4-11-19/h2-4,7-12,15-17,25H,5-6,13-14H2,1H3,(H,29,30)(H,31,32)/t25-/m0/s1. The Morgan fingerprint density at radius 2 is 1.85 bits per heavy atom. The summed E-state index contributed by atoms with van der Waals surface area (Å²) in [6.45, 7) is 1.99. The Morgan fingerprint density at radius 3 is 2.64 bits per heavy atom. The Labute approximate surface area is 197 Å². The minimum Gasteiger partial charge on any atom is -0.359 e. The SMILES string of the molecule is Cc1cccc(N[C@@H](c2cccnc2)c2c(NC(=O)c3ccccc3)sc3c2CCCC3)n1. The lowest BCUT2D eigenvalue weighted by Crippen LogP contribution is -2.19. The summed E-state index contributed by atoms with van der Waals surface area (Å²) in [4.78, 5) is 23.5. The third-order valence-corrected chi connectivity index (χ3v) is 7.19. The summed E-state index contributed by atoms with van der Waals surface area (Å²) in [6, 6.07) is 19.2. The smallest absolute Gasteiger partial charge is 0.256 e. The van der Waals surface area contributed by atoms with Crippen LogP contribution in [0.4, 0.5) is 10.8 Å². The number of hydrogen-bond donors (Lipinski definition) is 2. The summed E-state index contributed by atoms with van der Waals surface area (Å²) in [5, 5.41) is 7.78. The molecule has 3 heterocycles. The van der Waals surface area contributed by atoms with Gasteiger partial charge < -0.3 is 10.6 Å². The molecule has 4 aromatic rings. The fourth-order valence-electron chi connectivity index (χ4n) is 4.39. The summed E-state index contributed by atoms with van der Waals surface area (Å²) < 4.78 is 0. The van der Waals surface area contributed by atoms with Crippen LogP contribution in [0.2, 0.25) is 0 Å². The molecule has 1 aliphatic rings. The average Bonchev–Trinajstić information content (AvgIpc) is 3.21. The van der Waals surface area contributed by atoms with Gasteiger partial charge in [0, 0.05) is 34.1 Å². The van der Waals surface area contributed by atoms with E-state index in [0.717, 1.165) is 46.9 Å². The quantitative estimate of drug-likeness (QED) is 0.365. The highest BCUT2D eigenvalue weighted by Crippen LogP contribution is 2.44. The maximum Gasteiger partial charge on any atom is 0.256 e. The van der Waals surface area contributed by atoms with Crippen LogP contribution < -0.4 is 10.6 Å². The molecule has 1 atom stereocenters. The summed E-state index contributed by atoms with van der Waals surface area (Å²) in [6.07, 6.45) is 8.09. The normalized spacial score (nSPS) is 13.7. The lowest BCUT2D eigenvalue weighted by atomic mass is 9.90. The van der Waals surface area contributed by atoms with E-state index in [1.807, 2.05) is 67.7 Å². The molecule has 0 fully saturated rings. The molecular weight excluding hydrogens is 428 g/mol. The van der Waals surface area contributed by atoms with E-state index in [2.05, 4.69) is 26.7 Å². The minimum absolute atomic E-state index is 0.0888. The highest BCUT2D eigenvalue weighted by Gasteiger charge is 2.29. The molecule has 0 radical (unpaired) electrons. The number of pyridine rings is 2. The van der Waals surface area contributed by atoms with Gasteiger partial charge in [0.1, 0.15) is 10.8 Å². The molecule has 0 saturated carbocycles. The van der Waals surface area contributed by atoms with Crippen molar-refractivity contribution < 1.29 is 4.79 Å². The van der Waals surface area contributed by atoms with E-state index in [1.165, 1.54) is 16.9 Å². The number of benzene rings is 1. The fraction of sp³-hybridized carbons (Fsp3) is 0.222. The number of hydrogen-bond acceptors (Lipinski definition) is 5. The van der Waals surface area contributed by atoms with Gasteiger partial charge in [-0.05, 0) is 74.1 Å². The molecule has 6 heteroatoms. The molecule has 0 bridgehead atoms. The van der Waals surface area contributed by atoms with Crippen LogP contribution in [0.25, 0.3) is 0 Å². The van der Waals surface area contributed by atoms with Gasteiger partial charge in [0.05, 0.1) is 6.04 Å². The predicted molar refractivity (Wildman–Crippen MR) is 134 cm³/mol. The number of carbonyl (C=O) groups is 1. The number of nitrogens with zero attached hydrogens (tertiary/aromatic N) is 2. The first-order valence-electron chi connectivity index (χ1n) is 11.3. The summed E-state index contributed by atoms with van der Waals surface area (Å²) >= 11 is 1.71. The fourth-order valence-corrected chi connectivity index (χ4v) is 5.72. The molecule has 2 N–H and O–H groups in total. The van der Waals surface area contributed by atoms with Crippen molar-refractivity contribution in [1.29, 1.82) is 0 Å². The topological polar surface area (TPSA) is 66.9 Å². The van der Waals surface area contributed by atoms with Gasteiger partial charge in [-0.25, -0.2) is 4.98 Å². The molecule has 1 aromatic carbocycles. The van der Waals surface area contributed by atoms with Crippen molar-refractivity contribution in [2.75, 3.05) is 10.6 Å². The second-order valence-electron chi connectivity index (χ2n) is 8.30. The number of nitrogens with one attached hydrogen (secondary N) is 2. The summed E-state index contributed by atoms with van der Waals surface area (Å²) in [5.74, 6) is 0.717. The Hall–Kier alpha value is -3.51. The monoisotopic (exact) mass is 454 g/mol. The number of aromatic nitrogens is 2. The van der Waals surface area contributed by atoms with Crippen molar-refractivity contribution in [3.8, 4) is 0 Å². The highest BCUT2D eigenvalue weighted by atomic mass is 32.1. The molecule has 5 nitrogen and oxygen atoms in total. The van der Waals surface area contributed by atoms with Crippen LogP contribution in [0, 0.1) is 6.92 Å². The van der Waals surface area contributed by atoms with Crippen LogP contribution in [0.3, 0.4) is 0 Å². The molecule has 33 heavy (non-hydrogen) atoms. The van der Waals surface area contributed by atoms with Gasteiger partial charge in [-0.2, -0.15) is 0 Å². The largest absolute Gasteiger partial charge is 0.359 e. The van der Waals surface area contributed by atoms with Gasteiger partial charge in [-0.3, -0.25) is 9.78 Å². The van der Waals surface area contributed by atoms with E-state index < -0.39 is 0 Å². The third kappa shape index (κ3) is 4.66. The zero-order valence-electron chi connectivity index (χ0n) is 18.5. The van der Waals surface area contributed by atoms with E-state index in [1.54, 1.807) is 17.5 Å².